The number of carbonyl (C=O) groups is 2. The molecule has 94 valence electrons. The van der Waals surface area contributed by atoms with Crippen LogP contribution >= 0.6 is 0 Å². The quantitative estimate of drug-likeness (QED) is 0.424. The van der Waals surface area contributed by atoms with Crippen molar-refractivity contribution in [2.45, 2.75) is 19.4 Å². The van der Waals surface area contributed by atoms with Crippen LogP contribution in [0.2, 0.25) is 0 Å². The van der Waals surface area contributed by atoms with Crippen molar-refractivity contribution in [1.29, 1.82) is 0 Å². The zero-order valence-corrected chi connectivity index (χ0v) is 9.98. The Morgan fingerprint density at radius 1 is 1.53 bits per heavy atom. The summed E-state index contributed by atoms with van der Waals surface area (Å²) in [7, 11) is 0. The van der Waals surface area contributed by atoms with Gasteiger partial charge in [0.05, 0.1) is 6.54 Å². The first-order valence-electron chi connectivity index (χ1n) is 5.43. The number of esters is 1. The molecule has 1 aliphatic rings. The van der Waals surface area contributed by atoms with Gasteiger partial charge in [0.15, 0.2) is 0 Å². The number of likely N-dealkylation sites (tertiary alicyclic amines) is 1. The molecule has 1 heterocycles. The maximum Gasteiger partial charge on any atom is 0.410 e. The number of hydrogen-bond acceptors (Lipinski definition) is 4. The van der Waals surface area contributed by atoms with Gasteiger partial charge in [-0.1, -0.05) is 19.2 Å². The fraction of sp³-hybridized carbons (Fsp3) is 0.500. The molecule has 1 amide bonds. The van der Waals surface area contributed by atoms with Crippen LogP contribution in [0.15, 0.2) is 24.8 Å². The largest absolute Gasteiger partial charge is 0.457 e. The van der Waals surface area contributed by atoms with Crippen LogP contribution in [-0.2, 0) is 14.3 Å². The molecule has 0 N–H and O–H groups in total. The minimum Gasteiger partial charge on any atom is -0.457 e. The summed E-state index contributed by atoms with van der Waals surface area (Å²) in [6.07, 6.45) is 1.46. The maximum atomic E-state index is 11.5. The van der Waals surface area contributed by atoms with Crippen LogP contribution in [-0.4, -0.2) is 42.8 Å². The molecule has 1 unspecified atom stereocenters. The van der Waals surface area contributed by atoms with E-state index in [0.717, 1.165) is 0 Å². The molecule has 0 radical (unpaired) electrons. The standard InChI is InChI=1S/C12H17NO4/c1-4-7-16-12(15)13-6-5-10(8-13)17-11(14)9(2)3/h4,10H,1-2,5-8H2,3H3. The molecule has 1 atom stereocenters. The first-order chi connectivity index (χ1) is 8.04. The van der Waals surface area contributed by atoms with Gasteiger partial charge in [0, 0.05) is 18.5 Å². The highest BCUT2D eigenvalue weighted by molar-refractivity contribution is 5.87. The van der Waals surface area contributed by atoms with Crippen LogP contribution in [0.1, 0.15) is 13.3 Å². The second-order valence-electron chi connectivity index (χ2n) is 3.91. The van der Waals surface area contributed by atoms with Gasteiger partial charge in [0.2, 0.25) is 0 Å². The van der Waals surface area contributed by atoms with E-state index >= 15 is 0 Å². The average Bonchev–Trinajstić information content (AvgIpc) is 2.74. The van der Waals surface area contributed by atoms with Crippen molar-refractivity contribution in [3.63, 3.8) is 0 Å². The van der Waals surface area contributed by atoms with Gasteiger partial charge in [-0.25, -0.2) is 9.59 Å². The van der Waals surface area contributed by atoms with E-state index in [0.29, 0.717) is 25.1 Å². The van der Waals surface area contributed by atoms with Crippen LogP contribution in [0, 0.1) is 0 Å². The Morgan fingerprint density at radius 3 is 2.82 bits per heavy atom. The van der Waals surface area contributed by atoms with Crippen molar-refractivity contribution in [3.8, 4) is 0 Å². The summed E-state index contributed by atoms with van der Waals surface area (Å²) in [6.45, 7) is 9.64. The minimum absolute atomic E-state index is 0.186. The lowest BCUT2D eigenvalue weighted by Crippen LogP contribution is -2.31. The summed E-state index contributed by atoms with van der Waals surface area (Å²) in [5.41, 5.74) is 0.359. The Morgan fingerprint density at radius 2 is 2.24 bits per heavy atom. The first kappa shape index (κ1) is 13.3. The number of ether oxygens (including phenoxy) is 2. The van der Waals surface area contributed by atoms with Gasteiger partial charge >= 0.3 is 12.1 Å². The first-order valence-corrected chi connectivity index (χ1v) is 5.43. The minimum atomic E-state index is -0.420. The van der Waals surface area contributed by atoms with Crippen LogP contribution < -0.4 is 0 Å². The molecule has 0 spiro atoms. The number of hydrogen-bond donors (Lipinski definition) is 0. The molecule has 5 heteroatoms. The summed E-state index contributed by atoms with van der Waals surface area (Å²) >= 11 is 0. The molecule has 1 rings (SSSR count). The van der Waals surface area contributed by atoms with Crippen molar-refractivity contribution >= 4 is 12.1 Å². The Balaban J connectivity index is 2.36. The molecule has 1 aliphatic heterocycles. The lowest BCUT2D eigenvalue weighted by molar-refractivity contribution is -0.143. The molecule has 0 saturated carbocycles. The van der Waals surface area contributed by atoms with E-state index in [2.05, 4.69) is 13.2 Å². The lowest BCUT2D eigenvalue weighted by Gasteiger charge is -2.15. The van der Waals surface area contributed by atoms with Gasteiger partial charge in [-0.05, 0) is 6.92 Å². The average molecular weight is 239 g/mol. The molecule has 5 nitrogen and oxygen atoms in total. The second kappa shape index (κ2) is 6.08. The Bertz CT molecular complexity index is 337. The van der Waals surface area contributed by atoms with E-state index in [4.69, 9.17) is 9.47 Å². The van der Waals surface area contributed by atoms with Crippen LogP contribution in [0.5, 0.6) is 0 Å². The molecule has 1 fully saturated rings. The van der Waals surface area contributed by atoms with Gasteiger partial charge in [0.1, 0.15) is 12.7 Å². The number of carbonyl (C=O) groups excluding carboxylic acids is 2. The molecule has 17 heavy (non-hydrogen) atoms. The highest BCUT2D eigenvalue weighted by atomic mass is 16.6. The van der Waals surface area contributed by atoms with Crippen molar-refractivity contribution in [2.75, 3.05) is 19.7 Å². The molecule has 0 aromatic carbocycles. The fourth-order valence-corrected chi connectivity index (χ4v) is 1.46. The number of rotatable bonds is 4. The molecular formula is C12H17NO4. The summed E-state index contributed by atoms with van der Waals surface area (Å²) in [5, 5.41) is 0. The highest BCUT2D eigenvalue weighted by Crippen LogP contribution is 2.15. The monoisotopic (exact) mass is 239 g/mol. The summed E-state index contributed by atoms with van der Waals surface area (Å²) in [4.78, 5) is 24.3. The van der Waals surface area contributed by atoms with Gasteiger partial charge in [-0.3, -0.25) is 0 Å². The topological polar surface area (TPSA) is 55.8 Å². The van der Waals surface area contributed by atoms with E-state index in [1.807, 2.05) is 0 Å². The van der Waals surface area contributed by atoms with Crippen molar-refractivity contribution in [3.05, 3.63) is 24.8 Å². The van der Waals surface area contributed by atoms with Gasteiger partial charge in [-0.2, -0.15) is 0 Å². The Hall–Kier alpha value is -1.78. The van der Waals surface area contributed by atoms with Gasteiger partial charge in [-0.15, -0.1) is 0 Å². The predicted molar refractivity (Wildman–Crippen MR) is 62.4 cm³/mol. The molecule has 0 aliphatic carbocycles. The smallest absolute Gasteiger partial charge is 0.410 e. The van der Waals surface area contributed by atoms with Crippen LogP contribution in [0.4, 0.5) is 4.79 Å². The van der Waals surface area contributed by atoms with Crippen LogP contribution in [0.3, 0.4) is 0 Å². The van der Waals surface area contributed by atoms with Crippen LogP contribution in [0.25, 0.3) is 0 Å². The van der Waals surface area contributed by atoms with Crippen molar-refractivity contribution < 1.29 is 19.1 Å². The zero-order chi connectivity index (χ0) is 12.8. The summed E-state index contributed by atoms with van der Waals surface area (Å²) < 4.78 is 10.0. The SMILES string of the molecule is C=CCOC(=O)N1CCC(OC(=O)C(=C)C)C1. The third kappa shape index (κ3) is 3.94. The normalized spacial score (nSPS) is 18.6. The third-order valence-corrected chi connectivity index (χ3v) is 2.35. The maximum absolute atomic E-state index is 11.5. The number of nitrogens with zero attached hydrogens (tertiary/aromatic N) is 1. The lowest BCUT2D eigenvalue weighted by atomic mass is 10.3. The third-order valence-electron chi connectivity index (χ3n) is 2.35. The Labute approximate surface area is 101 Å². The summed E-state index contributed by atoms with van der Waals surface area (Å²) in [6, 6.07) is 0. The highest BCUT2D eigenvalue weighted by Gasteiger charge is 2.29. The van der Waals surface area contributed by atoms with E-state index in [1.54, 1.807) is 6.92 Å². The van der Waals surface area contributed by atoms with E-state index in [-0.39, 0.29) is 12.7 Å². The molecule has 1 saturated heterocycles. The van der Waals surface area contributed by atoms with Gasteiger partial charge < -0.3 is 14.4 Å². The Kier molecular flexibility index (Phi) is 4.75. The predicted octanol–water partition coefficient (Wildman–Crippen LogP) is 1.50. The van der Waals surface area contributed by atoms with E-state index < -0.39 is 12.1 Å². The molecule has 0 aromatic heterocycles. The molecular weight excluding hydrogens is 222 g/mol. The second-order valence-corrected chi connectivity index (χ2v) is 3.91. The van der Waals surface area contributed by atoms with E-state index in [9.17, 15) is 9.59 Å². The molecule has 0 aromatic rings. The van der Waals surface area contributed by atoms with E-state index in [1.165, 1.54) is 11.0 Å². The van der Waals surface area contributed by atoms with Crippen molar-refractivity contribution in [2.24, 2.45) is 0 Å². The van der Waals surface area contributed by atoms with Crippen molar-refractivity contribution in [1.82, 2.24) is 4.90 Å². The fourth-order valence-electron chi connectivity index (χ4n) is 1.46. The van der Waals surface area contributed by atoms with Gasteiger partial charge in [0.25, 0.3) is 0 Å². The number of amides is 1. The zero-order valence-electron chi connectivity index (χ0n) is 9.98. The molecule has 0 bridgehead atoms. The summed E-state index contributed by atoms with van der Waals surface area (Å²) in [5.74, 6) is -0.420.